The molecule has 0 unspecified atom stereocenters. The Morgan fingerprint density at radius 2 is 1.88 bits per heavy atom. The van der Waals surface area contributed by atoms with Crippen LogP contribution in [0, 0.1) is 0 Å². The highest BCUT2D eigenvalue weighted by molar-refractivity contribution is 6.04. The summed E-state index contributed by atoms with van der Waals surface area (Å²) in [6.45, 7) is 6.74. The maximum atomic E-state index is 13.9. The third kappa shape index (κ3) is 5.98. The molecule has 13 heteroatoms. The van der Waals surface area contributed by atoms with E-state index < -0.39 is 17.6 Å². The maximum absolute atomic E-state index is 13.9. The van der Waals surface area contributed by atoms with Gasteiger partial charge in [0.25, 0.3) is 5.91 Å². The fraction of sp³-hybridized carbons (Fsp3) is 0.370. The lowest BCUT2D eigenvalue weighted by Gasteiger charge is -2.34. The summed E-state index contributed by atoms with van der Waals surface area (Å²) in [7, 11) is 1.92. The molecule has 2 N–H and O–H groups in total. The van der Waals surface area contributed by atoms with Crippen LogP contribution in [0.4, 0.5) is 30.5 Å². The van der Waals surface area contributed by atoms with Gasteiger partial charge in [-0.25, -0.2) is 15.0 Å². The molecule has 1 saturated heterocycles. The highest BCUT2D eigenvalue weighted by Gasteiger charge is 2.37. The van der Waals surface area contributed by atoms with Gasteiger partial charge in [0.1, 0.15) is 17.2 Å². The standard InChI is InChI=1S/C27H30F3N9O/c1-4-39-16-22-24(36-39)35-23(15-31-22)33-17(2)18-6-5-7-20(12-18)34-26(40)19-13-21(27(28,29)30)25(32-14-19)38-10-8-37(3)9-11-38/h5-7,12-17H,4,8-11H2,1-3H3,(H,34,40)(H,33,35,36)/t17-/m0/s1. The van der Waals surface area contributed by atoms with Crippen molar-refractivity contribution in [3.8, 4) is 0 Å². The van der Waals surface area contributed by atoms with E-state index in [0.717, 1.165) is 11.6 Å². The van der Waals surface area contributed by atoms with Crippen molar-refractivity contribution in [3.05, 3.63) is 65.6 Å². The first-order valence-corrected chi connectivity index (χ1v) is 13.0. The van der Waals surface area contributed by atoms with E-state index in [1.54, 1.807) is 34.0 Å². The summed E-state index contributed by atoms with van der Waals surface area (Å²) in [6.07, 6.45) is 0.00250. The van der Waals surface area contributed by atoms with Gasteiger partial charge in [0.15, 0.2) is 0 Å². The minimum absolute atomic E-state index is 0.151. The molecule has 1 atom stereocenters. The van der Waals surface area contributed by atoms with Crippen LogP contribution in [0.15, 0.2) is 48.9 Å². The third-order valence-corrected chi connectivity index (χ3v) is 6.85. The van der Waals surface area contributed by atoms with E-state index in [1.807, 2.05) is 38.1 Å². The van der Waals surface area contributed by atoms with E-state index in [-0.39, 0.29) is 17.4 Å². The fourth-order valence-corrected chi connectivity index (χ4v) is 4.53. The molecule has 1 fully saturated rings. The van der Waals surface area contributed by atoms with Crippen molar-refractivity contribution < 1.29 is 18.0 Å². The Morgan fingerprint density at radius 1 is 1.10 bits per heavy atom. The Hall–Kier alpha value is -4.26. The van der Waals surface area contributed by atoms with Crippen molar-refractivity contribution in [2.24, 2.45) is 0 Å². The number of amides is 1. The average molecular weight is 554 g/mol. The molecule has 3 aromatic heterocycles. The molecule has 4 aromatic rings. The van der Waals surface area contributed by atoms with Crippen LogP contribution in [-0.4, -0.2) is 68.8 Å². The number of rotatable bonds is 7. The minimum atomic E-state index is -4.65. The topological polar surface area (TPSA) is 104 Å². The van der Waals surface area contributed by atoms with Crippen molar-refractivity contribution in [2.75, 3.05) is 48.8 Å². The van der Waals surface area contributed by atoms with E-state index in [1.165, 1.54) is 6.20 Å². The number of carbonyl (C=O) groups excluding carboxylic acids is 1. The molecule has 4 heterocycles. The molecule has 1 aliphatic heterocycles. The molecule has 5 rings (SSSR count). The second kappa shape index (κ2) is 11.1. The van der Waals surface area contributed by atoms with Gasteiger partial charge in [-0.1, -0.05) is 12.1 Å². The predicted octanol–water partition coefficient (Wildman–Crippen LogP) is 4.44. The number of hydrogen-bond donors (Lipinski definition) is 2. The van der Waals surface area contributed by atoms with Crippen LogP contribution < -0.4 is 15.5 Å². The minimum Gasteiger partial charge on any atom is -0.362 e. The van der Waals surface area contributed by atoms with Gasteiger partial charge in [0.05, 0.1) is 29.6 Å². The summed E-state index contributed by atoms with van der Waals surface area (Å²) >= 11 is 0. The zero-order valence-electron chi connectivity index (χ0n) is 22.4. The van der Waals surface area contributed by atoms with Gasteiger partial charge in [-0.05, 0) is 44.7 Å². The maximum Gasteiger partial charge on any atom is 0.419 e. The van der Waals surface area contributed by atoms with Crippen molar-refractivity contribution in [1.82, 2.24) is 29.6 Å². The second-order valence-corrected chi connectivity index (χ2v) is 9.78. The summed E-state index contributed by atoms with van der Waals surface area (Å²) in [6, 6.07) is 7.73. The number of halogens is 3. The SMILES string of the molecule is CCn1cc2ncc(N[C@@H](C)c3cccc(NC(=O)c4cnc(N5CCN(C)CC5)c(C(F)(F)F)c4)c3)nc2n1. The van der Waals surface area contributed by atoms with Gasteiger partial charge < -0.3 is 20.4 Å². The number of aryl methyl sites for hydroxylation is 1. The second-order valence-electron chi connectivity index (χ2n) is 9.78. The Labute approximate surface area is 229 Å². The van der Waals surface area contributed by atoms with Crippen LogP contribution in [0.25, 0.3) is 11.2 Å². The molecule has 10 nitrogen and oxygen atoms in total. The van der Waals surface area contributed by atoms with E-state index in [2.05, 4.69) is 30.7 Å². The Morgan fingerprint density at radius 3 is 2.60 bits per heavy atom. The average Bonchev–Trinajstić information content (AvgIpc) is 3.35. The molecule has 0 bridgehead atoms. The van der Waals surface area contributed by atoms with Gasteiger partial charge >= 0.3 is 6.18 Å². The monoisotopic (exact) mass is 553 g/mol. The molecule has 1 aliphatic rings. The fourth-order valence-electron chi connectivity index (χ4n) is 4.53. The van der Waals surface area contributed by atoms with Gasteiger partial charge in [0, 0.05) is 44.6 Å². The molecular formula is C27H30F3N9O. The van der Waals surface area contributed by atoms with E-state index in [9.17, 15) is 18.0 Å². The van der Waals surface area contributed by atoms with Crippen LogP contribution >= 0.6 is 0 Å². The molecule has 40 heavy (non-hydrogen) atoms. The van der Waals surface area contributed by atoms with Gasteiger partial charge in [-0.3, -0.25) is 9.48 Å². The Balaban J connectivity index is 1.30. The first-order chi connectivity index (χ1) is 19.1. The Kier molecular flexibility index (Phi) is 7.57. The van der Waals surface area contributed by atoms with Crippen LogP contribution in [-0.2, 0) is 12.7 Å². The van der Waals surface area contributed by atoms with Crippen molar-refractivity contribution >= 4 is 34.4 Å². The van der Waals surface area contributed by atoms with E-state index in [4.69, 9.17) is 0 Å². The van der Waals surface area contributed by atoms with Crippen LogP contribution in [0.3, 0.4) is 0 Å². The largest absolute Gasteiger partial charge is 0.419 e. The summed E-state index contributed by atoms with van der Waals surface area (Å²) in [5.41, 5.74) is 1.42. The predicted molar refractivity (Wildman–Crippen MR) is 146 cm³/mol. The smallest absolute Gasteiger partial charge is 0.362 e. The normalized spacial score (nSPS) is 15.3. The summed E-state index contributed by atoms with van der Waals surface area (Å²) in [4.78, 5) is 29.6. The zero-order chi connectivity index (χ0) is 28.4. The summed E-state index contributed by atoms with van der Waals surface area (Å²) in [5.74, 6) is -0.285. The number of alkyl halides is 3. The lowest BCUT2D eigenvalue weighted by atomic mass is 10.1. The Bertz CT molecular complexity index is 1510. The van der Waals surface area contributed by atoms with Gasteiger partial charge in [-0.2, -0.15) is 18.3 Å². The lowest BCUT2D eigenvalue weighted by molar-refractivity contribution is -0.137. The highest BCUT2D eigenvalue weighted by Crippen LogP contribution is 2.36. The first-order valence-electron chi connectivity index (χ1n) is 13.0. The quantitative estimate of drug-likeness (QED) is 0.346. The zero-order valence-corrected chi connectivity index (χ0v) is 22.4. The van der Waals surface area contributed by atoms with E-state index >= 15 is 0 Å². The molecule has 1 amide bonds. The van der Waals surface area contributed by atoms with Crippen LogP contribution in [0.5, 0.6) is 0 Å². The molecule has 0 saturated carbocycles. The number of nitrogens with zero attached hydrogens (tertiary/aromatic N) is 7. The number of carbonyl (C=O) groups is 1. The van der Waals surface area contributed by atoms with Crippen LogP contribution in [0.2, 0.25) is 0 Å². The highest BCUT2D eigenvalue weighted by atomic mass is 19.4. The number of nitrogens with one attached hydrogen (secondary N) is 2. The lowest BCUT2D eigenvalue weighted by Crippen LogP contribution is -2.45. The van der Waals surface area contributed by atoms with Gasteiger partial charge in [0.2, 0.25) is 5.65 Å². The number of anilines is 3. The van der Waals surface area contributed by atoms with Crippen molar-refractivity contribution in [3.63, 3.8) is 0 Å². The van der Waals surface area contributed by atoms with E-state index in [0.29, 0.717) is 55.4 Å². The first kappa shape index (κ1) is 27.3. The summed E-state index contributed by atoms with van der Waals surface area (Å²) in [5, 5.41) is 10.4. The number of hydrogen-bond acceptors (Lipinski definition) is 8. The summed E-state index contributed by atoms with van der Waals surface area (Å²) < 4.78 is 43.6. The van der Waals surface area contributed by atoms with Gasteiger partial charge in [-0.15, -0.1) is 0 Å². The number of fused-ring (bicyclic) bond motifs is 1. The number of likely N-dealkylation sites (N-methyl/N-ethyl adjacent to an activating group) is 1. The molecule has 0 radical (unpaired) electrons. The van der Waals surface area contributed by atoms with Crippen LogP contribution in [0.1, 0.15) is 41.4 Å². The number of piperazine rings is 1. The molecule has 0 spiro atoms. The molecule has 0 aliphatic carbocycles. The van der Waals surface area contributed by atoms with Crippen molar-refractivity contribution in [1.29, 1.82) is 0 Å². The molecule has 1 aromatic carbocycles. The number of pyridine rings is 1. The third-order valence-electron chi connectivity index (χ3n) is 6.85. The molecule has 210 valence electrons. The van der Waals surface area contributed by atoms with Crippen molar-refractivity contribution in [2.45, 2.75) is 32.6 Å². The molecular weight excluding hydrogens is 523 g/mol. The number of benzene rings is 1. The number of aromatic nitrogens is 5.